The number of benzene rings is 4. The lowest BCUT2D eigenvalue weighted by Gasteiger charge is -2.37. The van der Waals surface area contributed by atoms with Gasteiger partial charge in [-0.05, 0) is 29.8 Å². The summed E-state index contributed by atoms with van der Waals surface area (Å²) in [6.07, 6.45) is 3.77. The molecule has 4 aromatic rings. The van der Waals surface area contributed by atoms with Gasteiger partial charge >= 0.3 is 0 Å². The lowest BCUT2D eigenvalue weighted by molar-refractivity contribution is 0.0664. The van der Waals surface area contributed by atoms with Crippen molar-refractivity contribution in [1.82, 2.24) is 0 Å². The van der Waals surface area contributed by atoms with Crippen LogP contribution in [0.15, 0.2) is 97.1 Å². The summed E-state index contributed by atoms with van der Waals surface area (Å²) in [6.45, 7) is 0. The molecule has 1 aliphatic carbocycles. The van der Waals surface area contributed by atoms with Crippen LogP contribution in [0, 0.1) is 5.41 Å². The van der Waals surface area contributed by atoms with E-state index in [0.717, 1.165) is 11.3 Å². The van der Waals surface area contributed by atoms with E-state index in [1.165, 1.54) is 14.2 Å². The van der Waals surface area contributed by atoms with Gasteiger partial charge in [-0.15, -0.1) is 0 Å². The monoisotopic (exact) mass is 575 g/mol. The second-order valence-electron chi connectivity index (χ2n) is 10.7. The number of hydrogen-bond acceptors (Lipinski definition) is 6. The molecule has 1 spiro atoms. The molecule has 4 aromatic carbocycles. The molecule has 0 amide bonds. The van der Waals surface area contributed by atoms with E-state index in [1.807, 2.05) is 53.5 Å². The SMILES string of the molecule is COc1cccc(C2C(C(=O)c3ccccc3)N3c4ccc(Cl)cc4C=CC3C23C(=O)c2ccccc2C3=O)c1OC. The first kappa shape index (κ1) is 26.2. The van der Waals surface area contributed by atoms with Gasteiger partial charge in [-0.3, -0.25) is 14.4 Å². The number of rotatable bonds is 5. The summed E-state index contributed by atoms with van der Waals surface area (Å²) in [7, 11) is 3.06. The van der Waals surface area contributed by atoms with Gasteiger partial charge in [-0.2, -0.15) is 0 Å². The smallest absolute Gasteiger partial charge is 0.185 e. The molecule has 0 saturated carbocycles. The Kier molecular flexibility index (Phi) is 6.06. The number of carbonyl (C=O) groups is 3. The molecular weight excluding hydrogens is 550 g/mol. The zero-order valence-electron chi connectivity index (χ0n) is 22.9. The number of carbonyl (C=O) groups excluding carboxylic acids is 3. The van der Waals surface area contributed by atoms with Crippen LogP contribution < -0.4 is 14.4 Å². The Morgan fingerprint density at radius 1 is 0.833 bits per heavy atom. The lowest BCUT2D eigenvalue weighted by atomic mass is 9.64. The first-order valence-electron chi connectivity index (χ1n) is 13.7. The minimum absolute atomic E-state index is 0.208. The minimum Gasteiger partial charge on any atom is -0.493 e. The van der Waals surface area contributed by atoms with Gasteiger partial charge in [0, 0.05) is 38.9 Å². The van der Waals surface area contributed by atoms with Gasteiger partial charge in [-0.25, -0.2) is 0 Å². The molecule has 1 saturated heterocycles. The summed E-state index contributed by atoms with van der Waals surface area (Å²) in [6, 6.07) is 25.0. The Balaban J connectivity index is 1.59. The first-order valence-corrected chi connectivity index (χ1v) is 14.1. The van der Waals surface area contributed by atoms with E-state index in [4.69, 9.17) is 21.1 Å². The molecule has 0 radical (unpaired) electrons. The molecule has 6 nitrogen and oxygen atoms in total. The van der Waals surface area contributed by atoms with Crippen molar-refractivity contribution in [2.75, 3.05) is 19.1 Å². The maximum absolute atomic E-state index is 14.8. The van der Waals surface area contributed by atoms with Crippen LogP contribution in [0.1, 0.15) is 48.1 Å². The predicted octanol–water partition coefficient (Wildman–Crippen LogP) is 6.67. The summed E-state index contributed by atoms with van der Waals surface area (Å²) < 4.78 is 11.5. The number of Topliss-reactive ketones (excluding diaryl/α,β-unsaturated/α-hetero) is 3. The molecule has 2 heterocycles. The number of ether oxygens (including phenoxy) is 2. The third kappa shape index (κ3) is 3.42. The fourth-order valence-corrected chi connectivity index (χ4v) is 7.40. The zero-order chi connectivity index (χ0) is 29.2. The van der Waals surface area contributed by atoms with Crippen molar-refractivity contribution in [3.05, 3.63) is 130 Å². The van der Waals surface area contributed by atoms with Crippen molar-refractivity contribution in [2.45, 2.75) is 18.0 Å². The minimum atomic E-state index is -1.65. The molecule has 7 rings (SSSR count). The standard InChI is InChI=1S/C35H26ClNO5/c1-41-27-14-8-13-25(32(27)42-2)29-30(31(38)20-9-4-3-5-10-20)37-26-17-16-22(36)19-21(26)15-18-28(37)35(29)33(39)23-11-6-7-12-24(23)34(35)40/h3-19,28-30H,1-2H3. The molecule has 3 unspecified atom stereocenters. The highest BCUT2D eigenvalue weighted by Crippen LogP contribution is 2.62. The van der Waals surface area contributed by atoms with Gasteiger partial charge in [0.25, 0.3) is 0 Å². The van der Waals surface area contributed by atoms with Crippen molar-refractivity contribution in [3.8, 4) is 11.5 Å². The topological polar surface area (TPSA) is 72.9 Å². The fourth-order valence-electron chi connectivity index (χ4n) is 7.22. The van der Waals surface area contributed by atoms with E-state index in [0.29, 0.717) is 38.8 Å². The maximum Gasteiger partial charge on any atom is 0.185 e. The van der Waals surface area contributed by atoms with Gasteiger partial charge in [0.1, 0.15) is 11.5 Å². The van der Waals surface area contributed by atoms with E-state index in [9.17, 15) is 14.4 Å². The number of methoxy groups -OCH3 is 2. The van der Waals surface area contributed by atoms with E-state index < -0.39 is 23.4 Å². The van der Waals surface area contributed by atoms with Crippen LogP contribution in [0.3, 0.4) is 0 Å². The van der Waals surface area contributed by atoms with Crippen molar-refractivity contribution in [1.29, 1.82) is 0 Å². The number of fused-ring (bicyclic) bond motifs is 5. The highest BCUT2D eigenvalue weighted by atomic mass is 35.5. The summed E-state index contributed by atoms with van der Waals surface area (Å²) in [5.74, 6) is -0.915. The van der Waals surface area contributed by atoms with Crippen LogP contribution in [0.4, 0.5) is 5.69 Å². The van der Waals surface area contributed by atoms with Crippen LogP contribution in [-0.2, 0) is 0 Å². The molecule has 0 bridgehead atoms. The van der Waals surface area contributed by atoms with Crippen molar-refractivity contribution < 1.29 is 23.9 Å². The molecule has 7 heteroatoms. The highest BCUT2D eigenvalue weighted by Gasteiger charge is 2.72. The van der Waals surface area contributed by atoms with Crippen LogP contribution in [0.2, 0.25) is 5.02 Å². The molecule has 3 atom stereocenters. The zero-order valence-corrected chi connectivity index (χ0v) is 23.7. The van der Waals surface area contributed by atoms with Gasteiger partial charge < -0.3 is 14.4 Å². The summed E-state index contributed by atoms with van der Waals surface area (Å²) in [4.78, 5) is 46.3. The molecule has 2 aliphatic heterocycles. The highest BCUT2D eigenvalue weighted by molar-refractivity contribution is 6.33. The van der Waals surface area contributed by atoms with Gasteiger partial charge in [-0.1, -0.05) is 90.5 Å². The number of nitrogens with zero attached hydrogens (tertiary/aromatic N) is 1. The van der Waals surface area contributed by atoms with Gasteiger partial charge in [0.05, 0.1) is 20.3 Å². The summed E-state index contributed by atoms with van der Waals surface area (Å²) >= 11 is 6.38. The average Bonchev–Trinajstić information content (AvgIpc) is 3.46. The Bertz CT molecular complexity index is 1780. The van der Waals surface area contributed by atoms with E-state index >= 15 is 0 Å². The molecule has 0 N–H and O–H groups in total. The average molecular weight is 576 g/mol. The fraction of sp³-hybridized carbons (Fsp3) is 0.171. The van der Waals surface area contributed by atoms with Gasteiger partial charge in [0.2, 0.25) is 0 Å². The number of para-hydroxylation sites is 1. The molecule has 1 fully saturated rings. The normalized spacial score (nSPS) is 21.2. The Morgan fingerprint density at radius 3 is 2.19 bits per heavy atom. The van der Waals surface area contributed by atoms with Crippen molar-refractivity contribution >= 4 is 40.7 Å². The number of anilines is 1. The van der Waals surface area contributed by atoms with Crippen molar-refractivity contribution in [3.63, 3.8) is 0 Å². The number of ketones is 3. The quantitative estimate of drug-likeness (QED) is 0.195. The van der Waals surface area contributed by atoms with E-state index in [2.05, 4.69) is 0 Å². The molecule has 0 aromatic heterocycles. The lowest BCUT2D eigenvalue weighted by Crippen LogP contribution is -2.48. The third-order valence-electron chi connectivity index (χ3n) is 8.86. The number of halogens is 1. The maximum atomic E-state index is 14.8. The molecule has 42 heavy (non-hydrogen) atoms. The van der Waals surface area contributed by atoms with Crippen LogP contribution in [-0.4, -0.2) is 43.7 Å². The Hall–Kier alpha value is -4.68. The second kappa shape index (κ2) is 9.71. The molecule has 3 aliphatic rings. The Labute approximate surface area is 248 Å². The van der Waals surface area contributed by atoms with Crippen LogP contribution in [0.5, 0.6) is 11.5 Å². The summed E-state index contributed by atoms with van der Waals surface area (Å²) in [5.41, 5.74) is 1.63. The molecular formula is C35H26ClNO5. The first-order chi connectivity index (χ1) is 20.4. The van der Waals surface area contributed by atoms with E-state index in [-0.39, 0.29) is 17.3 Å². The number of hydrogen-bond donors (Lipinski definition) is 0. The van der Waals surface area contributed by atoms with Crippen LogP contribution in [0.25, 0.3) is 6.08 Å². The summed E-state index contributed by atoms with van der Waals surface area (Å²) in [5, 5.41) is 0.545. The van der Waals surface area contributed by atoms with E-state index in [1.54, 1.807) is 54.6 Å². The predicted molar refractivity (Wildman–Crippen MR) is 161 cm³/mol. The van der Waals surface area contributed by atoms with Crippen LogP contribution >= 0.6 is 11.6 Å². The largest absolute Gasteiger partial charge is 0.493 e. The van der Waals surface area contributed by atoms with Gasteiger partial charge in [0.15, 0.2) is 28.8 Å². The molecule has 208 valence electrons. The second-order valence-corrected chi connectivity index (χ2v) is 11.2. The third-order valence-corrected chi connectivity index (χ3v) is 9.10. The Morgan fingerprint density at radius 2 is 1.52 bits per heavy atom. The van der Waals surface area contributed by atoms with Crippen molar-refractivity contribution in [2.24, 2.45) is 5.41 Å².